The molecule has 1 N–H and O–H groups in total. The van der Waals surface area contributed by atoms with E-state index in [0.29, 0.717) is 5.92 Å². The van der Waals surface area contributed by atoms with Crippen LogP contribution in [0, 0.1) is 17.2 Å². The zero-order chi connectivity index (χ0) is 15.7. The average molecular weight is 299 g/mol. The highest BCUT2D eigenvalue weighted by atomic mass is 16.3. The van der Waals surface area contributed by atoms with Crippen molar-refractivity contribution in [1.82, 2.24) is 9.80 Å². The van der Waals surface area contributed by atoms with E-state index in [1.807, 2.05) is 18.2 Å². The molecule has 1 aromatic rings. The zero-order valence-electron chi connectivity index (χ0n) is 13.4. The van der Waals surface area contributed by atoms with Gasteiger partial charge in [0.05, 0.1) is 12.2 Å². The molecule has 1 heterocycles. The highest BCUT2D eigenvalue weighted by molar-refractivity contribution is 5.36. The number of fused-ring (bicyclic) bond motifs is 1. The van der Waals surface area contributed by atoms with E-state index in [1.165, 1.54) is 5.56 Å². The lowest BCUT2D eigenvalue weighted by atomic mass is 10.0. The second kappa shape index (κ2) is 6.37. The van der Waals surface area contributed by atoms with Crippen LogP contribution in [0.1, 0.15) is 31.1 Å². The van der Waals surface area contributed by atoms with E-state index >= 15 is 0 Å². The number of piperazine rings is 1. The molecular weight excluding hydrogens is 274 g/mol. The lowest BCUT2D eigenvalue weighted by molar-refractivity contribution is 0.0179. The molecule has 1 fully saturated rings. The first kappa shape index (κ1) is 15.5. The molecule has 4 heteroatoms. The Morgan fingerprint density at radius 2 is 1.86 bits per heavy atom. The fourth-order valence-electron chi connectivity index (χ4n) is 3.88. The van der Waals surface area contributed by atoms with E-state index < -0.39 is 0 Å². The minimum atomic E-state index is -0.375. The first-order valence-corrected chi connectivity index (χ1v) is 8.25. The lowest BCUT2D eigenvalue weighted by Crippen LogP contribution is -2.54. The molecule has 1 aromatic carbocycles. The molecule has 22 heavy (non-hydrogen) atoms. The van der Waals surface area contributed by atoms with E-state index in [9.17, 15) is 10.4 Å². The van der Waals surface area contributed by atoms with Gasteiger partial charge in [0.1, 0.15) is 6.04 Å². The molecule has 3 rings (SSSR count). The number of hydrogen-bond acceptors (Lipinski definition) is 4. The topological polar surface area (TPSA) is 50.5 Å². The Balaban J connectivity index is 1.63. The van der Waals surface area contributed by atoms with Gasteiger partial charge in [-0.1, -0.05) is 38.1 Å². The van der Waals surface area contributed by atoms with Crippen molar-refractivity contribution in [2.45, 2.75) is 38.5 Å². The quantitative estimate of drug-likeness (QED) is 0.925. The minimum Gasteiger partial charge on any atom is -0.387 e. The normalized spacial score (nSPS) is 27.6. The molecule has 3 atom stereocenters. The summed E-state index contributed by atoms with van der Waals surface area (Å²) < 4.78 is 0. The Kier molecular flexibility index (Phi) is 4.49. The number of benzene rings is 1. The maximum absolute atomic E-state index is 10.6. The van der Waals surface area contributed by atoms with Crippen LogP contribution in [0.2, 0.25) is 0 Å². The van der Waals surface area contributed by atoms with Gasteiger partial charge in [0.25, 0.3) is 0 Å². The molecule has 0 unspecified atom stereocenters. The van der Waals surface area contributed by atoms with Crippen molar-refractivity contribution in [2.24, 2.45) is 5.92 Å². The predicted octanol–water partition coefficient (Wildman–Crippen LogP) is 1.81. The Morgan fingerprint density at radius 1 is 1.18 bits per heavy atom. The van der Waals surface area contributed by atoms with Crippen LogP contribution in [0.3, 0.4) is 0 Å². The molecule has 2 aliphatic rings. The van der Waals surface area contributed by atoms with Gasteiger partial charge in [0, 0.05) is 32.2 Å². The van der Waals surface area contributed by atoms with E-state index in [0.717, 1.165) is 38.2 Å². The van der Waals surface area contributed by atoms with Crippen molar-refractivity contribution >= 4 is 0 Å². The van der Waals surface area contributed by atoms with Crippen LogP contribution < -0.4 is 0 Å². The van der Waals surface area contributed by atoms with Gasteiger partial charge in [-0.25, -0.2) is 0 Å². The van der Waals surface area contributed by atoms with Crippen molar-refractivity contribution in [2.75, 3.05) is 26.2 Å². The summed E-state index contributed by atoms with van der Waals surface area (Å²) in [4.78, 5) is 4.69. The molecule has 1 saturated heterocycles. The van der Waals surface area contributed by atoms with Gasteiger partial charge in [0.2, 0.25) is 0 Å². The summed E-state index contributed by atoms with van der Waals surface area (Å²) in [6, 6.07) is 10.9. The first-order chi connectivity index (χ1) is 10.6. The number of aliphatic hydroxyl groups is 1. The molecule has 0 aromatic heterocycles. The van der Waals surface area contributed by atoms with Gasteiger partial charge >= 0.3 is 0 Å². The molecule has 0 amide bonds. The maximum Gasteiger partial charge on any atom is 0.100 e. The van der Waals surface area contributed by atoms with Crippen LogP contribution in [-0.2, 0) is 6.42 Å². The summed E-state index contributed by atoms with van der Waals surface area (Å²) in [6.07, 6.45) is 0.558. The Hall–Kier alpha value is -1.41. The van der Waals surface area contributed by atoms with Crippen LogP contribution in [0.25, 0.3) is 0 Å². The van der Waals surface area contributed by atoms with Crippen molar-refractivity contribution in [3.05, 3.63) is 35.4 Å². The van der Waals surface area contributed by atoms with Gasteiger partial charge in [-0.2, -0.15) is 5.26 Å². The van der Waals surface area contributed by atoms with E-state index in [4.69, 9.17) is 0 Å². The van der Waals surface area contributed by atoms with E-state index in [-0.39, 0.29) is 18.2 Å². The molecule has 0 saturated carbocycles. The third-order valence-corrected chi connectivity index (χ3v) is 5.14. The summed E-state index contributed by atoms with van der Waals surface area (Å²) in [6.45, 7) is 7.91. The number of nitriles is 1. The summed E-state index contributed by atoms with van der Waals surface area (Å²) in [7, 11) is 0. The Morgan fingerprint density at radius 3 is 2.45 bits per heavy atom. The SMILES string of the molecule is CC(C)[C@H](C#N)N1CCN([C@H]2Cc3ccccc3[C@H]2O)CC1. The number of rotatable bonds is 3. The molecular formula is C18H25N3O. The standard InChI is InChI=1S/C18H25N3O/c1-13(2)17(12-19)21-9-7-20(8-10-21)16-11-14-5-3-4-6-15(14)18(16)22/h3-6,13,16-18,22H,7-11H2,1-2H3/t16-,17-,18+/m0/s1. The third kappa shape index (κ3) is 2.77. The van der Waals surface area contributed by atoms with Crippen LogP contribution in [0.4, 0.5) is 0 Å². The van der Waals surface area contributed by atoms with Crippen molar-refractivity contribution in [1.29, 1.82) is 5.26 Å². The minimum absolute atomic E-state index is 0.00727. The summed E-state index contributed by atoms with van der Waals surface area (Å²) >= 11 is 0. The molecule has 0 spiro atoms. The van der Waals surface area contributed by atoms with E-state index in [2.05, 4.69) is 35.8 Å². The molecule has 1 aliphatic carbocycles. The smallest absolute Gasteiger partial charge is 0.100 e. The highest BCUT2D eigenvalue weighted by Gasteiger charge is 2.37. The first-order valence-electron chi connectivity index (χ1n) is 8.25. The summed E-state index contributed by atoms with van der Waals surface area (Å²) in [5.74, 6) is 0.359. The molecule has 0 bridgehead atoms. The largest absolute Gasteiger partial charge is 0.387 e. The number of aliphatic hydroxyl groups excluding tert-OH is 1. The molecule has 118 valence electrons. The van der Waals surface area contributed by atoms with Crippen LogP contribution in [0.5, 0.6) is 0 Å². The fourth-order valence-corrected chi connectivity index (χ4v) is 3.88. The monoisotopic (exact) mass is 299 g/mol. The van der Waals surface area contributed by atoms with E-state index in [1.54, 1.807) is 0 Å². The highest BCUT2D eigenvalue weighted by Crippen LogP contribution is 2.34. The summed E-state index contributed by atoms with van der Waals surface area (Å²) in [5.41, 5.74) is 2.37. The summed E-state index contributed by atoms with van der Waals surface area (Å²) in [5, 5.41) is 19.9. The predicted molar refractivity (Wildman–Crippen MR) is 86.3 cm³/mol. The van der Waals surface area contributed by atoms with Crippen LogP contribution >= 0.6 is 0 Å². The maximum atomic E-state index is 10.6. The van der Waals surface area contributed by atoms with Crippen molar-refractivity contribution in [3.8, 4) is 6.07 Å². The number of hydrogen-bond donors (Lipinski definition) is 1. The second-order valence-corrected chi connectivity index (χ2v) is 6.81. The molecule has 0 radical (unpaired) electrons. The van der Waals surface area contributed by atoms with Crippen LogP contribution in [-0.4, -0.2) is 53.2 Å². The Labute approximate surface area is 133 Å². The third-order valence-electron chi connectivity index (χ3n) is 5.14. The van der Waals surface area contributed by atoms with Gasteiger partial charge in [0.15, 0.2) is 0 Å². The Bertz CT molecular complexity index is 558. The molecule has 4 nitrogen and oxygen atoms in total. The van der Waals surface area contributed by atoms with Crippen molar-refractivity contribution < 1.29 is 5.11 Å². The van der Waals surface area contributed by atoms with Gasteiger partial charge < -0.3 is 5.11 Å². The van der Waals surface area contributed by atoms with Gasteiger partial charge in [-0.05, 0) is 23.5 Å². The second-order valence-electron chi connectivity index (χ2n) is 6.81. The number of nitrogens with zero attached hydrogens (tertiary/aromatic N) is 3. The van der Waals surface area contributed by atoms with Gasteiger partial charge in [-0.15, -0.1) is 0 Å². The zero-order valence-corrected chi connectivity index (χ0v) is 13.4. The van der Waals surface area contributed by atoms with Crippen molar-refractivity contribution in [3.63, 3.8) is 0 Å². The fraction of sp³-hybridized carbons (Fsp3) is 0.611. The van der Waals surface area contributed by atoms with Gasteiger partial charge in [-0.3, -0.25) is 9.80 Å². The lowest BCUT2D eigenvalue weighted by Gasteiger charge is -2.41. The van der Waals surface area contributed by atoms with Crippen LogP contribution in [0.15, 0.2) is 24.3 Å². The average Bonchev–Trinajstić information content (AvgIpc) is 2.86. The molecule has 1 aliphatic heterocycles.